The van der Waals surface area contributed by atoms with Gasteiger partial charge in [0.15, 0.2) is 23.5 Å². The van der Waals surface area contributed by atoms with Gasteiger partial charge in [-0.25, -0.2) is 9.36 Å². The Hall–Kier alpha value is -4.00. The number of phosphoric ester groups is 1. The van der Waals surface area contributed by atoms with Crippen molar-refractivity contribution in [2.75, 3.05) is 11.9 Å². The van der Waals surface area contributed by atoms with Crippen molar-refractivity contribution in [1.82, 2.24) is 0 Å². The van der Waals surface area contributed by atoms with E-state index in [2.05, 4.69) is 18.3 Å². The summed E-state index contributed by atoms with van der Waals surface area (Å²) >= 11 is 0. The van der Waals surface area contributed by atoms with Gasteiger partial charge in [-0.15, -0.1) is 0 Å². The number of hydrogen-bond acceptors (Lipinski definition) is 11. The van der Waals surface area contributed by atoms with Crippen LogP contribution in [0.3, 0.4) is 0 Å². The number of nitrogens with one attached hydrogen (secondary N) is 1. The Morgan fingerprint density at radius 2 is 1.55 bits per heavy atom. The number of aliphatic hydroxyl groups is 1. The Balaban J connectivity index is 1.08. The van der Waals surface area contributed by atoms with Crippen molar-refractivity contribution >= 4 is 41.9 Å². The summed E-state index contributed by atoms with van der Waals surface area (Å²) in [6.07, 6.45) is 5.15. The van der Waals surface area contributed by atoms with E-state index in [-0.39, 0.29) is 30.0 Å². The number of anilines is 1. The minimum atomic E-state index is -4.29. The molecule has 0 bridgehead atoms. The van der Waals surface area contributed by atoms with Gasteiger partial charge in [-0.3, -0.25) is 28.5 Å². The maximum Gasteiger partial charge on any atom is 0.476 e. The molecule has 3 aromatic rings. The molecule has 0 spiro atoms. The quantitative estimate of drug-likeness (QED) is 0.187. The number of phosphoric acid groups is 1. The third kappa shape index (κ3) is 9.09. The van der Waals surface area contributed by atoms with Gasteiger partial charge in [0.1, 0.15) is 12.2 Å². The average Bonchev–Trinajstić information content (AvgIpc) is 3.68. The number of carbonyl (C=O) groups is 3. The number of hydrogen-bond donors (Lipinski definition) is 2. The lowest BCUT2D eigenvalue weighted by atomic mass is 9.46. The molecule has 3 saturated carbocycles. The van der Waals surface area contributed by atoms with Crippen molar-refractivity contribution in [3.8, 4) is 0 Å². The van der Waals surface area contributed by atoms with Crippen molar-refractivity contribution in [2.24, 2.45) is 28.6 Å². The second-order valence-electron chi connectivity index (χ2n) is 22.2. The molecule has 1 saturated heterocycles. The van der Waals surface area contributed by atoms with Crippen LogP contribution in [0.1, 0.15) is 125 Å². The SMILES string of the molecule is CC(C)(C)OC(=O)Nc1cccc2c(Cc3ccc([C@@H]4O[C@@H]5C[C@H]6[C@@H]7CCC8=CC(=O)C=C[C@]8(C)[C@H]7[C@@H](O)C[C@]6(C)[C@]5(C(=O)COP(=O)(OC(C)(C)C)OC(C)(C)C)O4)cc3)cccc12. The maximum absolute atomic E-state index is 15.2. The first-order valence-corrected chi connectivity index (χ1v) is 24.4. The molecule has 0 aromatic heterocycles. The molecule has 1 amide bonds. The molecule has 12 nitrogen and oxygen atoms in total. The zero-order chi connectivity index (χ0) is 47.1. The molecule has 3 aromatic carbocycles. The van der Waals surface area contributed by atoms with Crippen LogP contribution in [0.25, 0.3) is 10.8 Å². The second kappa shape index (κ2) is 16.7. The van der Waals surface area contributed by atoms with E-state index < -0.39 is 78.0 Å². The molecule has 4 aliphatic carbocycles. The second-order valence-corrected chi connectivity index (χ2v) is 23.7. The summed E-state index contributed by atoms with van der Waals surface area (Å²) in [4.78, 5) is 40.4. The third-order valence-electron chi connectivity index (χ3n) is 14.1. The highest BCUT2D eigenvalue weighted by molar-refractivity contribution is 7.48. The Morgan fingerprint density at radius 1 is 0.892 bits per heavy atom. The standard InChI is InChI=1S/C52H66NO11P/c1-47(2,3)62-46(57)53-40-17-13-15-36-33(14-12-16-37(36)40)26-31-18-20-32(21-19-31)45-60-43-28-39-38-23-22-34-27-35(54)24-25-50(34,10)44(38)41(55)29-51(39,11)52(43,61-45)42(56)30-59-65(58,63-48(4,5)6)64-49(7,8)9/h12-21,24-25,27,38-39,41,43-45,55H,22-23,26,28-30H2,1-11H3,(H,53,57)/t38-,39-,41-,43+,44+,45+,50-,51-,52+/m0/s1. The van der Waals surface area contributed by atoms with Gasteiger partial charge in [-0.1, -0.05) is 80.1 Å². The predicted octanol–water partition coefficient (Wildman–Crippen LogP) is 11.1. The van der Waals surface area contributed by atoms with Crippen LogP contribution >= 0.6 is 7.82 Å². The molecule has 0 unspecified atom stereocenters. The number of fused-ring (bicyclic) bond motifs is 8. The fraction of sp³-hybridized carbons (Fsp3) is 0.558. The maximum atomic E-state index is 15.2. The van der Waals surface area contributed by atoms with Gasteiger partial charge in [-0.2, -0.15) is 0 Å². The minimum Gasteiger partial charge on any atom is -0.444 e. The van der Waals surface area contributed by atoms with E-state index in [9.17, 15) is 19.3 Å². The smallest absolute Gasteiger partial charge is 0.444 e. The molecule has 8 rings (SSSR count). The van der Waals surface area contributed by atoms with E-state index in [0.29, 0.717) is 24.9 Å². The highest BCUT2D eigenvalue weighted by Gasteiger charge is 2.76. The Morgan fingerprint density at radius 3 is 2.22 bits per heavy atom. The highest BCUT2D eigenvalue weighted by Crippen LogP contribution is 2.71. The number of amides is 1. The molecule has 5 aliphatic rings. The zero-order valence-electron chi connectivity index (χ0n) is 39.7. The van der Waals surface area contributed by atoms with Crippen LogP contribution in [0.5, 0.6) is 0 Å². The first-order chi connectivity index (χ1) is 30.2. The van der Waals surface area contributed by atoms with Gasteiger partial charge < -0.3 is 19.3 Å². The molecule has 9 atom stereocenters. The van der Waals surface area contributed by atoms with Crippen molar-refractivity contribution in [2.45, 2.75) is 149 Å². The van der Waals surface area contributed by atoms with Crippen LogP contribution < -0.4 is 5.32 Å². The van der Waals surface area contributed by atoms with Gasteiger partial charge in [0.25, 0.3) is 0 Å². The van der Waals surface area contributed by atoms with E-state index >= 15 is 4.79 Å². The summed E-state index contributed by atoms with van der Waals surface area (Å²) in [6, 6.07) is 19.8. The number of Topliss-reactive ketones (excluding diaryl/α,β-unsaturated/α-hetero) is 1. The lowest BCUT2D eigenvalue weighted by Gasteiger charge is -2.59. The predicted molar refractivity (Wildman–Crippen MR) is 248 cm³/mol. The lowest BCUT2D eigenvalue weighted by Crippen LogP contribution is -2.63. The Kier molecular flexibility index (Phi) is 12.2. The zero-order valence-corrected chi connectivity index (χ0v) is 40.6. The van der Waals surface area contributed by atoms with E-state index in [4.69, 9.17) is 27.8 Å². The third-order valence-corrected chi connectivity index (χ3v) is 16.1. The monoisotopic (exact) mass is 911 g/mol. The highest BCUT2D eigenvalue weighted by atomic mass is 31.2. The number of allylic oxidation sites excluding steroid dienone is 4. The number of ketones is 2. The lowest BCUT2D eigenvalue weighted by molar-refractivity contribution is -0.201. The van der Waals surface area contributed by atoms with Crippen molar-refractivity contribution in [1.29, 1.82) is 0 Å². The molecule has 2 N–H and O–H groups in total. The number of ether oxygens (including phenoxy) is 3. The fourth-order valence-electron chi connectivity index (χ4n) is 11.8. The molecular weight excluding hydrogens is 846 g/mol. The number of benzene rings is 3. The van der Waals surface area contributed by atoms with Crippen LogP contribution in [0.15, 0.2) is 84.5 Å². The van der Waals surface area contributed by atoms with Gasteiger partial charge >= 0.3 is 13.9 Å². The topological polar surface area (TPSA) is 156 Å². The molecule has 13 heteroatoms. The van der Waals surface area contributed by atoms with E-state index in [1.165, 1.54) is 0 Å². The first-order valence-electron chi connectivity index (χ1n) is 23.0. The summed E-state index contributed by atoms with van der Waals surface area (Å²) in [6.45, 7) is 19.4. The van der Waals surface area contributed by atoms with Gasteiger partial charge in [0.2, 0.25) is 0 Å². The van der Waals surface area contributed by atoms with Crippen LogP contribution in [0.4, 0.5) is 10.5 Å². The first kappa shape index (κ1) is 47.5. The molecule has 350 valence electrons. The average molecular weight is 912 g/mol. The molecule has 1 heterocycles. The van der Waals surface area contributed by atoms with Crippen LogP contribution in [0.2, 0.25) is 0 Å². The molecule has 65 heavy (non-hydrogen) atoms. The van der Waals surface area contributed by atoms with Crippen LogP contribution in [-0.2, 0) is 48.4 Å². The summed E-state index contributed by atoms with van der Waals surface area (Å²) in [5.41, 5.74) is -0.936. The number of carbonyl (C=O) groups excluding carboxylic acids is 3. The van der Waals surface area contributed by atoms with E-state index in [0.717, 1.165) is 39.5 Å². The molecule has 4 fully saturated rings. The molecular formula is C52H66NO11P. The van der Waals surface area contributed by atoms with Gasteiger partial charge in [0, 0.05) is 27.7 Å². The summed E-state index contributed by atoms with van der Waals surface area (Å²) in [7, 11) is -4.29. The molecule has 0 radical (unpaired) electrons. The largest absolute Gasteiger partial charge is 0.476 e. The summed E-state index contributed by atoms with van der Waals surface area (Å²) < 4.78 is 51.5. The van der Waals surface area contributed by atoms with Gasteiger partial charge in [-0.05, 0) is 141 Å². The normalized spacial score (nSPS) is 31.1. The molecule has 1 aliphatic heterocycles. The van der Waals surface area contributed by atoms with Crippen molar-refractivity contribution < 1.29 is 51.8 Å². The van der Waals surface area contributed by atoms with E-state index in [1.54, 1.807) is 53.7 Å². The number of aliphatic hydroxyl groups excluding tert-OH is 1. The summed E-state index contributed by atoms with van der Waals surface area (Å²) in [5, 5.41) is 17.1. The Bertz CT molecular complexity index is 2460. The fourth-order valence-corrected chi connectivity index (χ4v) is 13.5. The van der Waals surface area contributed by atoms with Crippen LogP contribution in [0, 0.1) is 28.6 Å². The number of rotatable bonds is 10. The van der Waals surface area contributed by atoms with Crippen molar-refractivity contribution in [3.63, 3.8) is 0 Å². The summed E-state index contributed by atoms with van der Waals surface area (Å²) in [5.74, 6) is -0.739. The van der Waals surface area contributed by atoms with E-state index in [1.807, 2.05) is 88.4 Å². The van der Waals surface area contributed by atoms with Crippen LogP contribution in [-0.4, -0.2) is 64.0 Å². The van der Waals surface area contributed by atoms with Gasteiger partial charge in [0.05, 0.1) is 29.1 Å². The Labute approximate surface area is 383 Å². The van der Waals surface area contributed by atoms with Crippen molar-refractivity contribution in [3.05, 3.63) is 101 Å². The minimum absolute atomic E-state index is 0.00247.